The van der Waals surface area contributed by atoms with Gasteiger partial charge >= 0.3 is 0 Å². The second kappa shape index (κ2) is 8.47. The minimum atomic E-state index is -0.329. The lowest BCUT2D eigenvalue weighted by atomic mass is 10.1. The predicted molar refractivity (Wildman–Crippen MR) is 128 cm³/mol. The first-order valence-corrected chi connectivity index (χ1v) is 10.8. The number of rotatable bonds is 5. The summed E-state index contributed by atoms with van der Waals surface area (Å²) >= 11 is 19.2. The Morgan fingerprint density at radius 2 is 1.88 bits per heavy atom. The molecule has 0 unspecified atom stereocenters. The van der Waals surface area contributed by atoms with E-state index in [1.807, 2.05) is 34.9 Å². The number of fused-ring (bicyclic) bond motifs is 1. The van der Waals surface area contributed by atoms with Gasteiger partial charge < -0.3 is 4.57 Å². The Morgan fingerprint density at radius 3 is 2.66 bits per heavy atom. The molecule has 0 bridgehead atoms. The number of carbonyl (C=O) groups is 1. The van der Waals surface area contributed by atoms with Gasteiger partial charge in [0.1, 0.15) is 5.15 Å². The van der Waals surface area contributed by atoms with Gasteiger partial charge in [0.05, 0.1) is 42.3 Å². The molecule has 0 saturated heterocycles. The number of aliphatic imine (C=N–C) groups is 2. The fourth-order valence-electron chi connectivity index (χ4n) is 3.66. The van der Waals surface area contributed by atoms with Gasteiger partial charge in [0.15, 0.2) is 5.84 Å². The summed E-state index contributed by atoms with van der Waals surface area (Å²) < 4.78 is 1.85. The summed E-state index contributed by atoms with van der Waals surface area (Å²) in [4.78, 5) is 22.2. The van der Waals surface area contributed by atoms with E-state index in [4.69, 9.17) is 34.8 Å². The maximum atomic E-state index is 13.4. The van der Waals surface area contributed by atoms with E-state index in [0.29, 0.717) is 39.6 Å². The number of benzene rings is 2. The Balaban J connectivity index is 1.56. The molecule has 1 aliphatic heterocycles. The Morgan fingerprint density at radius 1 is 1.03 bits per heavy atom. The SMILES string of the molecule is O=C(C1=NCC(c2ccnnc2)=N1)c1c(Cl)n(Cc2ccc(Cl)cc2Cl)c2ccccc12. The van der Waals surface area contributed by atoms with Crippen LogP contribution < -0.4 is 0 Å². The van der Waals surface area contributed by atoms with E-state index >= 15 is 0 Å². The van der Waals surface area contributed by atoms with Crippen LogP contribution in [0.4, 0.5) is 0 Å². The molecule has 0 radical (unpaired) electrons. The third kappa shape index (κ3) is 3.71. The van der Waals surface area contributed by atoms with Gasteiger partial charge in [0.2, 0.25) is 5.78 Å². The number of aromatic nitrogens is 3. The summed E-state index contributed by atoms with van der Waals surface area (Å²) in [5, 5.41) is 9.73. The van der Waals surface area contributed by atoms with E-state index in [1.165, 1.54) is 0 Å². The third-order valence-electron chi connectivity index (χ3n) is 5.22. The average Bonchev–Trinajstić information content (AvgIpc) is 3.40. The van der Waals surface area contributed by atoms with Crippen molar-refractivity contribution in [2.45, 2.75) is 6.54 Å². The van der Waals surface area contributed by atoms with Crippen LogP contribution in [0.3, 0.4) is 0 Å². The van der Waals surface area contributed by atoms with Crippen LogP contribution in [-0.2, 0) is 6.54 Å². The molecule has 5 rings (SSSR count). The number of para-hydroxylation sites is 1. The molecule has 1 aliphatic rings. The summed E-state index contributed by atoms with van der Waals surface area (Å²) in [5.74, 6) is -0.213. The molecule has 0 aliphatic carbocycles. The van der Waals surface area contributed by atoms with Crippen LogP contribution in [0.25, 0.3) is 10.9 Å². The van der Waals surface area contributed by atoms with Crippen molar-refractivity contribution in [3.05, 3.63) is 92.8 Å². The quantitative estimate of drug-likeness (QED) is 0.351. The van der Waals surface area contributed by atoms with Gasteiger partial charge in [0.25, 0.3) is 0 Å². The van der Waals surface area contributed by atoms with E-state index in [-0.39, 0.29) is 11.6 Å². The monoisotopic (exact) mass is 481 g/mol. The molecule has 2 aromatic carbocycles. The van der Waals surface area contributed by atoms with Crippen molar-refractivity contribution >= 4 is 63.0 Å². The molecule has 4 aromatic rings. The molecule has 0 N–H and O–H groups in total. The summed E-state index contributed by atoms with van der Waals surface area (Å²) in [5.41, 5.74) is 3.45. The van der Waals surface area contributed by atoms with Crippen molar-refractivity contribution in [3.8, 4) is 0 Å². The number of hydrogen-bond acceptors (Lipinski definition) is 5. The molecule has 0 atom stereocenters. The van der Waals surface area contributed by atoms with E-state index in [0.717, 1.165) is 22.0 Å². The lowest BCUT2D eigenvalue weighted by molar-refractivity contribution is 0.106. The number of carbonyl (C=O) groups excluding carboxylic acids is 1. The van der Waals surface area contributed by atoms with Gasteiger partial charge in [-0.05, 0) is 29.8 Å². The van der Waals surface area contributed by atoms with E-state index < -0.39 is 0 Å². The summed E-state index contributed by atoms with van der Waals surface area (Å²) in [7, 11) is 0. The molecule has 0 amide bonds. The van der Waals surface area contributed by atoms with Crippen LogP contribution >= 0.6 is 34.8 Å². The molecular formula is C23H14Cl3N5O. The molecular weight excluding hydrogens is 469 g/mol. The normalized spacial score (nSPS) is 13.3. The molecule has 0 saturated carbocycles. The van der Waals surface area contributed by atoms with Crippen LogP contribution in [0.1, 0.15) is 21.5 Å². The van der Waals surface area contributed by atoms with Crippen molar-refractivity contribution in [1.29, 1.82) is 0 Å². The van der Waals surface area contributed by atoms with Crippen molar-refractivity contribution < 1.29 is 4.79 Å². The zero-order valence-electron chi connectivity index (χ0n) is 16.5. The number of Topliss-reactive ketones (excluding diaryl/α,β-unsaturated/α-hetero) is 1. The second-order valence-corrected chi connectivity index (χ2v) is 8.37. The Labute approximate surface area is 198 Å². The van der Waals surface area contributed by atoms with Crippen LogP contribution in [0.15, 0.2) is 70.9 Å². The Bertz CT molecular complexity index is 1430. The Kier molecular flexibility index (Phi) is 5.51. The lowest BCUT2D eigenvalue weighted by Crippen LogP contribution is -2.11. The minimum Gasteiger partial charge on any atom is -0.326 e. The largest absolute Gasteiger partial charge is 0.326 e. The van der Waals surface area contributed by atoms with Crippen LogP contribution in [0, 0.1) is 0 Å². The highest BCUT2D eigenvalue weighted by molar-refractivity contribution is 6.53. The molecule has 0 fully saturated rings. The zero-order chi connectivity index (χ0) is 22.2. The van der Waals surface area contributed by atoms with Gasteiger partial charge in [0, 0.05) is 21.0 Å². The summed E-state index contributed by atoms with van der Waals surface area (Å²) in [6.07, 6.45) is 3.17. The standard InChI is InChI=1S/C23H14Cl3N5O/c24-15-6-5-14(17(25)9-15)12-31-19-4-2-1-3-16(19)20(22(31)26)21(32)23-27-11-18(30-23)13-7-8-28-29-10-13/h1-10H,11-12H2. The molecule has 6 nitrogen and oxygen atoms in total. The van der Waals surface area contributed by atoms with Crippen LogP contribution in [0.5, 0.6) is 0 Å². The zero-order valence-corrected chi connectivity index (χ0v) is 18.7. The fourth-order valence-corrected chi connectivity index (χ4v) is 4.47. The van der Waals surface area contributed by atoms with Gasteiger partial charge in [-0.1, -0.05) is 59.1 Å². The number of amidine groups is 1. The van der Waals surface area contributed by atoms with Crippen molar-refractivity contribution in [3.63, 3.8) is 0 Å². The highest BCUT2D eigenvalue weighted by Crippen LogP contribution is 2.33. The smallest absolute Gasteiger partial charge is 0.233 e. The first-order chi connectivity index (χ1) is 15.5. The van der Waals surface area contributed by atoms with Crippen molar-refractivity contribution in [2.75, 3.05) is 6.54 Å². The third-order valence-corrected chi connectivity index (χ3v) is 6.20. The summed E-state index contributed by atoms with van der Waals surface area (Å²) in [6.45, 7) is 0.676. The molecule has 32 heavy (non-hydrogen) atoms. The topological polar surface area (TPSA) is 72.5 Å². The molecule has 0 spiro atoms. The number of halogens is 3. The minimum absolute atomic E-state index is 0.117. The van der Waals surface area contributed by atoms with Crippen molar-refractivity contribution in [2.24, 2.45) is 9.98 Å². The number of nitrogens with zero attached hydrogens (tertiary/aromatic N) is 5. The molecule has 158 valence electrons. The maximum absolute atomic E-state index is 13.4. The second-order valence-electron chi connectivity index (χ2n) is 7.16. The molecule has 3 heterocycles. The van der Waals surface area contributed by atoms with E-state index in [9.17, 15) is 4.79 Å². The van der Waals surface area contributed by atoms with Crippen LogP contribution in [-0.4, -0.2) is 38.6 Å². The van der Waals surface area contributed by atoms with Gasteiger partial charge in [-0.25, -0.2) is 4.99 Å². The first kappa shape index (κ1) is 20.8. The highest BCUT2D eigenvalue weighted by atomic mass is 35.5. The highest BCUT2D eigenvalue weighted by Gasteiger charge is 2.27. The van der Waals surface area contributed by atoms with Gasteiger partial charge in [-0.3, -0.25) is 9.79 Å². The molecule has 2 aromatic heterocycles. The number of hydrogen-bond donors (Lipinski definition) is 0. The Hall–Kier alpha value is -3.06. The molecule has 9 heteroatoms. The fraction of sp³-hybridized carbons (Fsp3) is 0.0870. The summed E-state index contributed by atoms with van der Waals surface area (Å²) in [6, 6.07) is 14.6. The van der Waals surface area contributed by atoms with E-state index in [2.05, 4.69) is 20.2 Å². The van der Waals surface area contributed by atoms with E-state index in [1.54, 1.807) is 30.6 Å². The first-order valence-electron chi connectivity index (χ1n) is 9.67. The maximum Gasteiger partial charge on any atom is 0.233 e. The van der Waals surface area contributed by atoms with Gasteiger partial charge in [-0.2, -0.15) is 10.2 Å². The van der Waals surface area contributed by atoms with Crippen molar-refractivity contribution in [1.82, 2.24) is 14.8 Å². The van der Waals surface area contributed by atoms with Gasteiger partial charge in [-0.15, -0.1) is 0 Å². The predicted octanol–water partition coefficient (Wildman–Crippen LogP) is 5.52. The average molecular weight is 483 g/mol. The van der Waals surface area contributed by atoms with Crippen LogP contribution in [0.2, 0.25) is 15.2 Å². The lowest BCUT2D eigenvalue weighted by Gasteiger charge is -2.09. The number of ketones is 1.